The van der Waals surface area contributed by atoms with Crippen LogP contribution in [-0.4, -0.2) is 40.9 Å². The maximum atomic E-state index is 13.4. The van der Waals surface area contributed by atoms with Crippen LogP contribution in [0, 0.1) is 5.82 Å². The number of rotatable bonds is 5. The van der Waals surface area contributed by atoms with E-state index in [9.17, 15) is 18.8 Å². The fourth-order valence-corrected chi connectivity index (χ4v) is 3.16. The summed E-state index contributed by atoms with van der Waals surface area (Å²) in [6.07, 6.45) is -0.206. The topological polar surface area (TPSA) is 81.8 Å². The van der Waals surface area contributed by atoms with Gasteiger partial charge in [-0.15, -0.1) is 0 Å². The molecule has 0 unspecified atom stereocenters. The molecule has 1 saturated heterocycles. The van der Waals surface area contributed by atoms with Gasteiger partial charge in [0.15, 0.2) is 0 Å². The van der Waals surface area contributed by atoms with Crippen LogP contribution in [0.25, 0.3) is 0 Å². The van der Waals surface area contributed by atoms with E-state index in [2.05, 4.69) is 10.7 Å². The third-order valence-corrected chi connectivity index (χ3v) is 4.57. The fraction of sp³-hybridized carbons (Fsp3) is 0.158. The van der Waals surface area contributed by atoms with E-state index in [1.54, 1.807) is 30.3 Å². The molecule has 7 nitrogen and oxygen atoms in total. The summed E-state index contributed by atoms with van der Waals surface area (Å²) in [6.45, 7) is 0. The van der Waals surface area contributed by atoms with Crippen molar-refractivity contribution in [1.82, 2.24) is 15.8 Å². The monoisotopic (exact) mass is 400 g/mol. The van der Waals surface area contributed by atoms with Gasteiger partial charge in [0, 0.05) is 12.6 Å². The molecule has 0 bridgehead atoms. The first-order valence-electron chi connectivity index (χ1n) is 8.41. The number of hydrogen-bond acceptors (Lipinski definition) is 4. The second-order valence-electron chi connectivity index (χ2n) is 6.01. The van der Waals surface area contributed by atoms with Crippen molar-refractivity contribution in [2.24, 2.45) is 0 Å². The summed E-state index contributed by atoms with van der Waals surface area (Å²) in [7, 11) is 1.45. The molecule has 2 N–H and O–H groups in total. The zero-order valence-corrected chi connectivity index (χ0v) is 15.7. The first-order valence-corrected chi connectivity index (χ1v) is 8.82. The molecule has 28 heavy (non-hydrogen) atoms. The van der Waals surface area contributed by atoms with E-state index < -0.39 is 23.7 Å². The number of para-hydroxylation sites is 1. The number of carbonyl (C=O) groups is 3. The molecule has 1 heterocycles. The first-order chi connectivity index (χ1) is 13.4. The Hall–Kier alpha value is -3.33. The highest BCUT2D eigenvalue weighted by Gasteiger charge is 2.45. The number of benzene rings is 2. The van der Waals surface area contributed by atoms with E-state index in [-0.39, 0.29) is 23.0 Å². The zero-order chi connectivity index (χ0) is 20.3. The van der Waals surface area contributed by atoms with Crippen LogP contribution >= 0.6 is 12.2 Å². The molecule has 9 heteroatoms. The highest BCUT2D eigenvalue weighted by Crippen LogP contribution is 2.26. The Morgan fingerprint density at radius 3 is 2.50 bits per heavy atom. The third-order valence-electron chi connectivity index (χ3n) is 4.20. The number of anilines is 1. The third kappa shape index (κ3) is 3.84. The second-order valence-corrected chi connectivity index (χ2v) is 6.37. The van der Waals surface area contributed by atoms with Crippen molar-refractivity contribution in [2.75, 3.05) is 11.9 Å². The molecule has 0 radical (unpaired) electrons. The van der Waals surface area contributed by atoms with Crippen molar-refractivity contribution in [3.63, 3.8) is 0 Å². The summed E-state index contributed by atoms with van der Waals surface area (Å²) in [5.74, 6) is -2.05. The van der Waals surface area contributed by atoms with Crippen molar-refractivity contribution in [2.45, 2.75) is 12.5 Å². The molecule has 144 valence electrons. The number of thiocarbonyl (C=S) groups is 1. The Bertz CT molecular complexity index is 938. The average molecular weight is 400 g/mol. The molecule has 1 aliphatic heterocycles. The van der Waals surface area contributed by atoms with E-state index in [4.69, 9.17) is 12.2 Å². The zero-order valence-electron chi connectivity index (χ0n) is 14.9. The van der Waals surface area contributed by atoms with Crippen LogP contribution in [0.15, 0.2) is 54.6 Å². The van der Waals surface area contributed by atoms with Gasteiger partial charge in [-0.3, -0.25) is 24.7 Å². The number of nitrogens with zero attached hydrogens (tertiary/aromatic N) is 2. The maximum absolute atomic E-state index is 13.4. The minimum atomic E-state index is -1.02. The number of halogens is 1. The molecular weight excluding hydrogens is 383 g/mol. The molecular formula is C19H17FN4O3S. The normalized spacial score (nSPS) is 16.3. The lowest BCUT2D eigenvalue weighted by Crippen LogP contribution is -2.50. The van der Waals surface area contributed by atoms with E-state index in [1.807, 2.05) is 0 Å². The molecule has 2 aromatic rings. The lowest BCUT2D eigenvalue weighted by atomic mass is 10.2. The molecule has 3 amide bonds. The van der Waals surface area contributed by atoms with Crippen molar-refractivity contribution in [1.29, 1.82) is 0 Å². The van der Waals surface area contributed by atoms with Crippen LogP contribution in [0.4, 0.5) is 10.1 Å². The standard InChI is InChI=1S/C19H17FN4O3S/c1-21-16(25)11-15-18(27)23(14-8-3-2-4-9-14)19(28)24(15)22-17(26)12-6-5-7-13(20)10-12/h2-10,15H,11H2,1H3,(H,21,25)(H,22,26)/t15-/m0/s1. The Balaban J connectivity index is 1.91. The maximum Gasteiger partial charge on any atom is 0.269 e. The van der Waals surface area contributed by atoms with Crippen LogP contribution in [0.5, 0.6) is 0 Å². The molecule has 0 saturated carbocycles. The highest BCUT2D eigenvalue weighted by atomic mass is 32.1. The Morgan fingerprint density at radius 2 is 1.86 bits per heavy atom. The van der Waals surface area contributed by atoms with Gasteiger partial charge >= 0.3 is 0 Å². The summed E-state index contributed by atoms with van der Waals surface area (Å²) in [4.78, 5) is 38.6. The Labute approximate surface area is 166 Å². The summed E-state index contributed by atoms with van der Waals surface area (Å²) in [5, 5.41) is 3.65. The van der Waals surface area contributed by atoms with Crippen LogP contribution in [0.2, 0.25) is 0 Å². The largest absolute Gasteiger partial charge is 0.359 e. The smallest absolute Gasteiger partial charge is 0.269 e. The van der Waals surface area contributed by atoms with Gasteiger partial charge in [-0.05, 0) is 42.5 Å². The number of hydrazine groups is 1. The Kier molecular flexibility index (Phi) is 5.65. The van der Waals surface area contributed by atoms with Gasteiger partial charge in [-0.2, -0.15) is 0 Å². The summed E-state index contributed by atoms with van der Waals surface area (Å²) >= 11 is 5.39. The minimum Gasteiger partial charge on any atom is -0.359 e. The average Bonchev–Trinajstić information content (AvgIpc) is 2.92. The van der Waals surface area contributed by atoms with Crippen LogP contribution in [0.3, 0.4) is 0 Å². The van der Waals surface area contributed by atoms with Gasteiger partial charge in [-0.1, -0.05) is 24.3 Å². The van der Waals surface area contributed by atoms with Gasteiger partial charge in [0.1, 0.15) is 11.9 Å². The van der Waals surface area contributed by atoms with Gasteiger partial charge in [0.2, 0.25) is 11.0 Å². The number of nitrogens with one attached hydrogen (secondary N) is 2. The lowest BCUT2D eigenvalue weighted by Gasteiger charge is -2.24. The first kappa shape index (κ1) is 19.4. The molecule has 0 aromatic heterocycles. The van der Waals surface area contributed by atoms with Gasteiger partial charge < -0.3 is 5.32 Å². The van der Waals surface area contributed by atoms with Crippen molar-refractivity contribution < 1.29 is 18.8 Å². The summed E-state index contributed by atoms with van der Waals surface area (Å²) in [6, 6.07) is 12.8. The summed E-state index contributed by atoms with van der Waals surface area (Å²) < 4.78 is 13.4. The SMILES string of the molecule is CNC(=O)C[C@H]1C(=O)N(c2ccccc2)C(=S)N1NC(=O)c1cccc(F)c1. The molecule has 1 atom stereocenters. The van der Waals surface area contributed by atoms with Crippen molar-refractivity contribution >= 4 is 40.7 Å². The van der Waals surface area contributed by atoms with Gasteiger partial charge in [0.05, 0.1) is 12.1 Å². The minimum absolute atomic E-state index is 0.0230. The highest BCUT2D eigenvalue weighted by molar-refractivity contribution is 7.80. The molecule has 3 rings (SSSR count). The van der Waals surface area contributed by atoms with Gasteiger partial charge in [-0.25, -0.2) is 9.40 Å². The van der Waals surface area contributed by atoms with E-state index in [0.29, 0.717) is 5.69 Å². The van der Waals surface area contributed by atoms with E-state index >= 15 is 0 Å². The lowest BCUT2D eigenvalue weighted by molar-refractivity contribution is -0.127. The fourth-order valence-electron chi connectivity index (χ4n) is 2.80. The van der Waals surface area contributed by atoms with Gasteiger partial charge in [0.25, 0.3) is 11.8 Å². The predicted octanol–water partition coefficient (Wildman–Crippen LogP) is 1.61. The molecule has 1 fully saturated rings. The predicted molar refractivity (Wildman–Crippen MR) is 105 cm³/mol. The van der Waals surface area contributed by atoms with Crippen LogP contribution in [-0.2, 0) is 9.59 Å². The van der Waals surface area contributed by atoms with Crippen molar-refractivity contribution in [3.8, 4) is 0 Å². The number of amides is 3. The van der Waals surface area contributed by atoms with E-state index in [1.165, 1.54) is 35.2 Å². The molecule has 0 aliphatic carbocycles. The second kappa shape index (κ2) is 8.13. The molecule has 2 aromatic carbocycles. The Morgan fingerprint density at radius 1 is 1.14 bits per heavy atom. The number of hydrogen-bond donors (Lipinski definition) is 2. The van der Waals surface area contributed by atoms with Crippen LogP contribution in [0.1, 0.15) is 16.8 Å². The quantitative estimate of drug-likeness (QED) is 0.746. The van der Waals surface area contributed by atoms with E-state index in [0.717, 1.165) is 6.07 Å². The van der Waals surface area contributed by atoms with Crippen molar-refractivity contribution in [3.05, 3.63) is 66.0 Å². The number of carbonyl (C=O) groups excluding carboxylic acids is 3. The summed E-state index contributed by atoms with van der Waals surface area (Å²) in [5.41, 5.74) is 3.10. The van der Waals surface area contributed by atoms with Crippen LogP contribution < -0.4 is 15.6 Å². The molecule has 0 spiro atoms. The molecule has 1 aliphatic rings.